The van der Waals surface area contributed by atoms with Gasteiger partial charge in [0.25, 0.3) is 0 Å². The summed E-state index contributed by atoms with van der Waals surface area (Å²) in [5.74, 6) is -0.304. The Morgan fingerprint density at radius 3 is 2.35 bits per heavy atom. The van der Waals surface area contributed by atoms with Gasteiger partial charge in [0.2, 0.25) is 0 Å². The lowest BCUT2D eigenvalue weighted by molar-refractivity contribution is -0.137. The van der Waals surface area contributed by atoms with Gasteiger partial charge >= 0.3 is 6.18 Å². The van der Waals surface area contributed by atoms with Crippen LogP contribution in [0.5, 0.6) is 5.75 Å². The topological polar surface area (TPSA) is 35.2 Å². The molecule has 0 amide bonds. The smallest absolute Gasteiger partial charge is 0.416 e. The second-order valence-electron chi connectivity index (χ2n) is 4.19. The van der Waals surface area contributed by atoms with Crippen LogP contribution >= 0.6 is 0 Å². The monoisotopic (exact) mass is 285 g/mol. The van der Waals surface area contributed by atoms with Crippen LogP contribution in [0.4, 0.5) is 23.2 Å². The van der Waals surface area contributed by atoms with Crippen LogP contribution in [0.15, 0.2) is 36.4 Å². The second-order valence-corrected chi connectivity index (χ2v) is 4.19. The molecule has 2 rings (SSSR count). The van der Waals surface area contributed by atoms with Crippen molar-refractivity contribution in [2.24, 2.45) is 0 Å². The van der Waals surface area contributed by atoms with E-state index in [1.165, 1.54) is 25.3 Å². The highest BCUT2D eigenvalue weighted by Crippen LogP contribution is 2.35. The molecule has 2 aromatic carbocycles. The average molecular weight is 285 g/mol. The molecule has 0 bridgehead atoms. The molecule has 0 atom stereocenters. The largest absolute Gasteiger partial charge is 0.497 e. The van der Waals surface area contributed by atoms with E-state index in [4.69, 9.17) is 10.5 Å². The van der Waals surface area contributed by atoms with Gasteiger partial charge < -0.3 is 10.5 Å². The van der Waals surface area contributed by atoms with E-state index >= 15 is 0 Å². The minimum absolute atomic E-state index is 0.00199. The zero-order chi connectivity index (χ0) is 14.9. The molecule has 0 fully saturated rings. The Morgan fingerprint density at radius 2 is 1.75 bits per heavy atom. The first-order chi connectivity index (χ1) is 9.31. The zero-order valence-electron chi connectivity index (χ0n) is 10.5. The molecule has 0 aliphatic carbocycles. The maximum absolute atomic E-state index is 13.8. The minimum Gasteiger partial charge on any atom is -0.497 e. The molecular formula is C14H11F4NO. The number of ether oxygens (including phenoxy) is 1. The van der Waals surface area contributed by atoms with Gasteiger partial charge in [-0.05, 0) is 42.0 Å². The molecule has 0 unspecified atom stereocenters. The maximum atomic E-state index is 13.8. The highest BCUT2D eigenvalue weighted by molar-refractivity contribution is 5.70. The number of nitrogens with two attached hydrogens (primary N) is 1. The molecule has 20 heavy (non-hydrogen) atoms. The van der Waals surface area contributed by atoms with E-state index in [-0.39, 0.29) is 16.8 Å². The van der Waals surface area contributed by atoms with Gasteiger partial charge in [-0.2, -0.15) is 13.2 Å². The normalized spacial score (nSPS) is 11.4. The summed E-state index contributed by atoms with van der Waals surface area (Å²) in [6.07, 6.45) is -4.54. The standard InChI is InChI=1S/C14H11F4NO/c1-20-11-2-3-13(15)12(7-11)8-4-9(14(16,17)18)6-10(19)5-8/h2-7H,19H2,1H3. The number of benzene rings is 2. The number of alkyl halides is 3. The summed E-state index contributed by atoms with van der Waals surface area (Å²) in [6.45, 7) is 0. The van der Waals surface area contributed by atoms with Crippen molar-refractivity contribution in [1.82, 2.24) is 0 Å². The van der Waals surface area contributed by atoms with Gasteiger partial charge in [0, 0.05) is 11.3 Å². The Balaban J connectivity index is 2.61. The molecule has 2 aromatic rings. The predicted molar refractivity (Wildman–Crippen MR) is 67.8 cm³/mol. The van der Waals surface area contributed by atoms with Gasteiger partial charge in [0.05, 0.1) is 12.7 Å². The Kier molecular flexibility index (Phi) is 3.57. The quantitative estimate of drug-likeness (QED) is 0.666. The highest BCUT2D eigenvalue weighted by atomic mass is 19.4. The van der Waals surface area contributed by atoms with Crippen molar-refractivity contribution in [2.75, 3.05) is 12.8 Å². The molecule has 2 nitrogen and oxygen atoms in total. The van der Waals surface area contributed by atoms with Crippen molar-refractivity contribution >= 4 is 5.69 Å². The Hall–Kier alpha value is -2.24. The van der Waals surface area contributed by atoms with Crippen molar-refractivity contribution in [3.63, 3.8) is 0 Å². The molecular weight excluding hydrogens is 274 g/mol. The number of halogens is 4. The maximum Gasteiger partial charge on any atom is 0.416 e. The molecule has 106 valence electrons. The third-order valence-corrected chi connectivity index (χ3v) is 2.77. The molecule has 0 radical (unpaired) electrons. The van der Waals surface area contributed by atoms with Crippen LogP contribution in [0.25, 0.3) is 11.1 Å². The first-order valence-corrected chi connectivity index (χ1v) is 5.63. The van der Waals surface area contributed by atoms with E-state index in [2.05, 4.69) is 0 Å². The van der Waals surface area contributed by atoms with Gasteiger partial charge in [0.15, 0.2) is 0 Å². The number of nitrogen functional groups attached to an aromatic ring is 1. The number of hydrogen-bond donors (Lipinski definition) is 1. The number of methoxy groups -OCH3 is 1. The molecule has 0 saturated heterocycles. The fraction of sp³-hybridized carbons (Fsp3) is 0.143. The fourth-order valence-electron chi connectivity index (χ4n) is 1.82. The summed E-state index contributed by atoms with van der Waals surface area (Å²) in [4.78, 5) is 0. The Morgan fingerprint density at radius 1 is 1.05 bits per heavy atom. The minimum atomic E-state index is -4.54. The van der Waals surface area contributed by atoms with Crippen LogP contribution in [-0.2, 0) is 6.18 Å². The molecule has 0 saturated carbocycles. The van der Waals surface area contributed by atoms with Gasteiger partial charge in [-0.1, -0.05) is 0 Å². The summed E-state index contributed by atoms with van der Waals surface area (Å²) in [7, 11) is 1.39. The van der Waals surface area contributed by atoms with E-state index in [0.29, 0.717) is 5.75 Å². The number of rotatable bonds is 2. The third-order valence-electron chi connectivity index (χ3n) is 2.77. The fourth-order valence-corrected chi connectivity index (χ4v) is 1.82. The van der Waals surface area contributed by atoms with Crippen LogP contribution in [0.2, 0.25) is 0 Å². The van der Waals surface area contributed by atoms with Gasteiger partial charge in [-0.15, -0.1) is 0 Å². The lowest BCUT2D eigenvalue weighted by Crippen LogP contribution is -2.06. The van der Waals surface area contributed by atoms with Crippen LogP contribution in [-0.4, -0.2) is 7.11 Å². The van der Waals surface area contributed by atoms with Gasteiger partial charge in [-0.25, -0.2) is 4.39 Å². The first kappa shape index (κ1) is 14.2. The summed E-state index contributed by atoms with van der Waals surface area (Å²) in [5.41, 5.74) is 4.50. The van der Waals surface area contributed by atoms with E-state index in [1.807, 2.05) is 0 Å². The van der Waals surface area contributed by atoms with Crippen molar-refractivity contribution < 1.29 is 22.3 Å². The van der Waals surface area contributed by atoms with Crippen molar-refractivity contribution in [1.29, 1.82) is 0 Å². The molecule has 0 aliphatic heterocycles. The first-order valence-electron chi connectivity index (χ1n) is 5.63. The van der Waals surface area contributed by atoms with Crippen LogP contribution in [0.1, 0.15) is 5.56 Å². The van der Waals surface area contributed by atoms with E-state index < -0.39 is 17.6 Å². The molecule has 6 heteroatoms. The Bertz CT molecular complexity index is 638. The van der Waals surface area contributed by atoms with E-state index in [9.17, 15) is 17.6 Å². The summed E-state index contributed by atoms with van der Waals surface area (Å²) in [5, 5.41) is 0. The van der Waals surface area contributed by atoms with Gasteiger partial charge in [-0.3, -0.25) is 0 Å². The summed E-state index contributed by atoms with van der Waals surface area (Å²) < 4.78 is 56.9. The van der Waals surface area contributed by atoms with Crippen molar-refractivity contribution in [2.45, 2.75) is 6.18 Å². The molecule has 0 aromatic heterocycles. The molecule has 0 heterocycles. The average Bonchev–Trinajstić information content (AvgIpc) is 2.37. The molecule has 0 aliphatic rings. The lowest BCUT2D eigenvalue weighted by Gasteiger charge is -2.12. The lowest BCUT2D eigenvalue weighted by atomic mass is 10.0. The molecule has 0 spiro atoms. The van der Waals surface area contributed by atoms with Gasteiger partial charge in [0.1, 0.15) is 11.6 Å². The molecule has 2 N–H and O–H groups in total. The van der Waals surface area contributed by atoms with Crippen LogP contribution < -0.4 is 10.5 Å². The summed E-state index contributed by atoms with van der Waals surface area (Å²) >= 11 is 0. The van der Waals surface area contributed by atoms with E-state index in [0.717, 1.165) is 18.2 Å². The number of anilines is 1. The van der Waals surface area contributed by atoms with Crippen molar-refractivity contribution in [3.05, 3.63) is 47.8 Å². The third kappa shape index (κ3) is 2.84. The van der Waals surface area contributed by atoms with Crippen LogP contribution in [0.3, 0.4) is 0 Å². The van der Waals surface area contributed by atoms with Crippen LogP contribution in [0, 0.1) is 5.82 Å². The Labute approximate surface area is 112 Å². The highest BCUT2D eigenvalue weighted by Gasteiger charge is 2.31. The predicted octanol–water partition coefficient (Wildman–Crippen LogP) is 4.10. The van der Waals surface area contributed by atoms with Crippen molar-refractivity contribution in [3.8, 4) is 16.9 Å². The van der Waals surface area contributed by atoms with E-state index in [1.54, 1.807) is 0 Å². The number of hydrogen-bond acceptors (Lipinski definition) is 2. The zero-order valence-corrected chi connectivity index (χ0v) is 10.5. The summed E-state index contributed by atoms with van der Waals surface area (Å²) in [6, 6.07) is 6.79. The second kappa shape index (κ2) is 5.03. The SMILES string of the molecule is COc1ccc(F)c(-c2cc(N)cc(C(F)(F)F)c2)c1.